The summed E-state index contributed by atoms with van der Waals surface area (Å²) < 4.78 is 18.0. The lowest BCUT2D eigenvalue weighted by atomic mass is 9.43. The summed E-state index contributed by atoms with van der Waals surface area (Å²) in [5, 5.41) is 22.7. The summed E-state index contributed by atoms with van der Waals surface area (Å²) in [4.78, 5) is 11.8. The van der Waals surface area contributed by atoms with Gasteiger partial charge in [-0.2, -0.15) is 0 Å². The summed E-state index contributed by atoms with van der Waals surface area (Å²) in [7, 11) is 0. The van der Waals surface area contributed by atoms with Gasteiger partial charge in [-0.25, -0.2) is 4.79 Å². The quantitative estimate of drug-likeness (QED) is 0.397. The van der Waals surface area contributed by atoms with Gasteiger partial charge in [0.05, 0.1) is 23.9 Å². The minimum absolute atomic E-state index is 0.139. The first-order valence-electron chi connectivity index (χ1n) is 15.1. The molecule has 0 aromatic heterocycles. The second-order valence-electron chi connectivity index (χ2n) is 14.2. The molecule has 0 amide bonds. The lowest BCUT2D eigenvalue weighted by molar-refractivity contribution is -0.261. The van der Waals surface area contributed by atoms with Gasteiger partial charge in [0.2, 0.25) is 0 Å². The van der Waals surface area contributed by atoms with Crippen molar-refractivity contribution in [2.75, 3.05) is 6.61 Å². The van der Waals surface area contributed by atoms with Crippen molar-refractivity contribution in [3.63, 3.8) is 0 Å². The highest BCUT2D eigenvalue weighted by molar-refractivity contribution is 5.85. The lowest BCUT2D eigenvalue weighted by Gasteiger charge is -2.63. The second kappa shape index (κ2) is 9.31. The van der Waals surface area contributed by atoms with Crippen LogP contribution < -0.4 is 0 Å². The molecule has 37 heavy (non-hydrogen) atoms. The van der Waals surface area contributed by atoms with E-state index in [4.69, 9.17) is 14.2 Å². The molecule has 4 saturated carbocycles. The van der Waals surface area contributed by atoms with Crippen molar-refractivity contribution in [1.29, 1.82) is 0 Å². The van der Waals surface area contributed by atoms with E-state index in [9.17, 15) is 15.0 Å². The Morgan fingerprint density at radius 3 is 2.54 bits per heavy atom. The van der Waals surface area contributed by atoms with Gasteiger partial charge >= 0.3 is 5.97 Å². The van der Waals surface area contributed by atoms with Crippen molar-refractivity contribution < 1.29 is 29.2 Å². The number of carbonyl (C=O) groups is 1. The minimum atomic E-state index is -0.656. The second-order valence-corrected chi connectivity index (χ2v) is 14.2. The first kappa shape index (κ1) is 26.3. The van der Waals surface area contributed by atoms with Crippen molar-refractivity contribution in [1.82, 2.24) is 0 Å². The molecule has 6 rings (SSSR count). The predicted octanol–water partition coefficient (Wildman–Crippen LogP) is 5.15. The average molecular weight is 517 g/mol. The standard InChI is InChI=1S/C31H48O6/c1-18(2)28-25(32)7-8-27(37-28)36-21-9-12-29(3)20(16-21)5-6-24-23(29)10-13-30(4)22(11-14-31(24,30)34)19-15-26(33)35-17-19/h15,18,20-25,27-28,32,34H,5-14,16-17H2,1-4H3/t20-,21+,22-,23+,24-,25-,27-,28+,29+,30-,31+/m1/s1. The molecule has 6 aliphatic rings. The van der Waals surface area contributed by atoms with E-state index >= 15 is 0 Å². The van der Waals surface area contributed by atoms with Crippen molar-refractivity contribution in [3.05, 3.63) is 11.6 Å². The van der Waals surface area contributed by atoms with E-state index in [1.807, 2.05) is 0 Å². The van der Waals surface area contributed by atoms with Crippen LogP contribution >= 0.6 is 0 Å². The smallest absolute Gasteiger partial charge is 0.331 e. The van der Waals surface area contributed by atoms with E-state index in [1.165, 1.54) is 6.42 Å². The van der Waals surface area contributed by atoms with Gasteiger partial charge < -0.3 is 24.4 Å². The third-order valence-corrected chi connectivity index (χ3v) is 12.3. The number of esters is 1. The fraction of sp³-hybridized carbons (Fsp3) is 0.903. The van der Waals surface area contributed by atoms with Crippen LogP contribution in [0.25, 0.3) is 0 Å². The molecule has 1 saturated heterocycles. The molecule has 5 fully saturated rings. The summed E-state index contributed by atoms with van der Waals surface area (Å²) in [5.41, 5.74) is 0.523. The summed E-state index contributed by atoms with van der Waals surface area (Å²) in [6, 6.07) is 0. The normalized spacial score (nSPS) is 51.8. The van der Waals surface area contributed by atoms with Crippen molar-refractivity contribution in [2.24, 2.45) is 40.4 Å². The van der Waals surface area contributed by atoms with E-state index in [0.717, 1.165) is 69.8 Å². The molecule has 208 valence electrons. The fourth-order valence-electron chi connectivity index (χ4n) is 10.2. The maximum absolute atomic E-state index is 12.4. The van der Waals surface area contributed by atoms with Gasteiger partial charge in [0.15, 0.2) is 6.29 Å². The number of aliphatic hydroxyl groups is 2. The zero-order valence-electron chi connectivity index (χ0n) is 23.3. The van der Waals surface area contributed by atoms with Crippen LogP contribution in [0.3, 0.4) is 0 Å². The molecule has 2 N–H and O–H groups in total. The van der Waals surface area contributed by atoms with Crippen molar-refractivity contribution >= 4 is 5.97 Å². The van der Waals surface area contributed by atoms with Crippen LogP contribution in [0.15, 0.2) is 11.6 Å². The van der Waals surface area contributed by atoms with Gasteiger partial charge in [0, 0.05) is 17.9 Å². The Balaban J connectivity index is 1.14. The lowest BCUT2D eigenvalue weighted by Crippen LogP contribution is -2.62. The van der Waals surface area contributed by atoms with Crippen LogP contribution in [0.4, 0.5) is 0 Å². The highest BCUT2D eigenvalue weighted by atomic mass is 16.7. The third-order valence-electron chi connectivity index (χ3n) is 12.3. The Kier molecular flexibility index (Phi) is 6.62. The zero-order chi connectivity index (χ0) is 26.2. The van der Waals surface area contributed by atoms with Gasteiger partial charge in [-0.05, 0) is 105 Å². The molecule has 6 nitrogen and oxygen atoms in total. The van der Waals surface area contributed by atoms with Gasteiger partial charge in [-0.3, -0.25) is 0 Å². The van der Waals surface area contributed by atoms with Gasteiger partial charge in [-0.15, -0.1) is 0 Å². The predicted molar refractivity (Wildman–Crippen MR) is 139 cm³/mol. The summed E-state index contributed by atoms with van der Waals surface area (Å²) in [6.45, 7) is 9.43. The molecule has 0 aromatic carbocycles. The Bertz CT molecular complexity index is 931. The summed E-state index contributed by atoms with van der Waals surface area (Å²) >= 11 is 0. The molecule has 0 spiro atoms. The van der Waals surface area contributed by atoms with Crippen LogP contribution in [0, 0.1) is 40.4 Å². The summed E-state index contributed by atoms with van der Waals surface area (Å²) in [6.07, 6.45) is 12.2. The van der Waals surface area contributed by atoms with Crippen molar-refractivity contribution in [2.45, 2.75) is 129 Å². The maximum atomic E-state index is 12.4. The molecular weight excluding hydrogens is 468 g/mol. The SMILES string of the molecule is CC(C)[C@@H]1O[C@@H](O[C@H]2CC[C@@]3(C)[C@H](CC[C@@H]4[C@@H]3CC[C@]3(C)[C@@H](C5=CC(=O)OC5)CC[C@]43O)C2)CC[C@H]1O. The molecule has 0 radical (unpaired) electrons. The Hall–Kier alpha value is -0.950. The molecule has 0 aromatic rings. The topological polar surface area (TPSA) is 85.2 Å². The highest BCUT2D eigenvalue weighted by Crippen LogP contribution is 2.70. The number of aliphatic hydroxyl groups excluding tert-OH is 1. The van der Waals surface area contributed by atoms with E-state index < -0.39 is 5.60 Å². The van der Waals surface area contributed by atoms with E-state index in [-0.39, 0.29) is 53.2 Å². The van der Waals surface area contributed by atoms with E-state index in [1.54, 1.807) is 6.08 Å². The summed E-state index contributed by atoms with van der Waals surface area (Å²) in [5.74, 6) is 1.82. The number of carbonyl (C=O) groups excluding carboxylic acids is 1. The first-order chi connectivity index (χ1) is 17.5. The van der Waals surface area contributed by atoms with E-state index in [0.29, 0.717) is 24.4 Å². The number of cyclic esters (lactones) is 1. The number of ether oxygens (including phenoxy) is 3. The van der Waals surface area contributed by atoms with Crippen LogP contribution in [0.2, 0.25) is 0 Å². The molecular formula is C31H48O6. The molecule has 2 aliphatic heterocycles. The molecule has 0 unspecified atom stereocenters. The number of hydrogen-bond donors (Lipinski definition) is 2. The molecule has 0 bridgehead atoms. The Morgan fingerprint density at radius 1 is 1.00 bits per heavy atom. The van der Waals surface area contributed by atoms with Crippen LogP contribution in [0.1, 0.15) is 98.3 Å². The largest absolute Gasteiger partial charge is 0.458 e. The number of hydrogen-bond acceptors (Lipinski definition) is 6. The number of rotatable bonds is 4. The fourth-order valence-corrected chi connectivity index (χ4v) is 10.2. The van der Waals surface area contributed by atoms with Crippen LogP contribution in [-0.2, 0) is 19.0 Å². The van der Waals surface area contributed by atoms with Gasteiger partial charge in [0.1, 0.15) is 6.61 Å². The first-order valence-corrected chi connectivity index (χ1v) is 15.1. The Morgan fingerprint density at radius 2 is 1.81 bits per heavy atom. The van der Waals surface area contributed by atoms with Crippen LogP contribution in [-0.4, -0.2) is 53.0 Å². The third kappa shape index (κ3) is 4.06. The highest BCUT2D eigenvalue weighted by Gasteiger charge is 2.67. The van der Waals surface area contributed by atoms with Gasteiger partial charge in [0.25, 0.3) is 0 Å². The van der Waals surface area contributed by atoms with E-state index in [2.05, 4.69) is 27.7 Å². The van der Waals surface area contributed by atoms with Crippen molar-refractivity contribution in [3.8, 4) is 0 Å². The van der Waals surface area contributed by atoms with Gasteiger partial charge in [-0.1, -0.05) is 27.7 Å². The molecule has 11 atom stereocenters. The maximum Gasteiger partial charge on any atom is 0.331 e. The monoisotopic (exact) mass is 516 g/mol. The minimum Gasteiger partial charge on any atom is -0.458 e. The number of fused-ring (bicyclic) bond motifs is 5. The Labute approximate surface area is 222 Å². The zero-order valence-corrected chi connectivity index (χ0v) is 23.3. The van der Waals surface area contributed by atoms with Crippen LogP contribution in [0.5, 0.6) is 0 Å². The molecule has 4 aliphatic carbocycles. The average Bonchev–Trinajstić information content (AvgIpc) is 3.40. The molecule has 6 heteroatoms. The molecule has 2 heterocycles.